The number of unbranched alkanes of at least 4 members (excludes halogenated alkanes) is 1. The van der Waals surface area contributed by atoms with Crippen molar-refractivity contribution in [2.75, 3.05) is 12.3 Å². The lowest BCUT2D eigenvalue weighted by Gasteiger charge is -2.22. The van der Waals surface area contributed by atoms with Gasteiger partial charge in [0.25, 0.3) is 0 Å². The minimum absolute atomic E-state index is 0.154. The first-order valence-corrected chi connectivity index (χ1v) is 7.99. The van der Waals surface area contributed by atoms with Crippen molar-refractivity contribution < 1.29 is 0 Å². The van der Waals surface area contributed by atoms with Crippen molar-refractivity contribution in [2.45, 2.75) is 57.3 Å². The van der Waals surface area contributed by atoms with E-state index in [-0.39, 0.29) is 5.69 Å². The van der Waals surface area contributed by atoms with Crippen molar-refractivity contribution in [3.63, 3.8) is 0 Å². The molecule has 1 rings (SSSR count). The maximum absolute atomic E-state index is 11.4. The molecular formula is C13H23N5OS. The molecule has 0 aliphatic carbocycles. The van der Waals surface area contributed by atoms with E-state index in [1.165, 1.54) is 0 Å². The Morgan fingerprint density at radius 3 is 2.85 bits per heavy atom. The fourth-order valence-corrected chi connectivity index (χ4v) is 3.02. The summed E-state index contributed by atoms with van der Waals surface area (Å²) in [7, 11) is 0. The van der Waals surface area contributed by atoms with Gasteiger partial charge in [-0.05, 0) is 39.7 Å². The predicted octanol–water partition coefficient (Wildman–Crippen LogP) is 1.75. The fourth-order valence-electron chi connectivity index (χ4n) is 2.01. The standard InChI is InChI=1S/C13H23N5OS/c1-4-15-13(3,10-14)8-6-7-9-20-12-17-16-11(19)18(12)5-2/h15H,4-9H2,1-3H3,(H,16,19). The van der Waals surface area contributed by atoms with Crippen molar-refractivity contribution in [3.8, 4) is 6.07 Å². The second-order valence-electron chi connectivity index (χ2n) is 4.84. The highest BCUT2D eigenvalue weighted by Gasteiger charge is 2.21. The molecule has 0 aromatic carbocycles. The lowest BCUT2D eigenvalue weighted by atomic mass is 9.97. The van der Waals surface area contributed by atoms with Crippen LogP contribution in [-0.2, 0) is 6.54 Å². The molecule has 0 aliphatic rings. The second kappa shape index (κ2) is 8.12. The van der Waals surface area contributed by atoms with Crippen LogP contribution in [0.15, 0.2) is 9.95 Å². The highest BCUT2D eigenvalue weighted by Crippen LogP contribution is 2.18. The number of H-pyrrole nitrogens is 1. The quantitative estimate of drug-likeness (QED) is 0.535. The Bertz CT molecular complexity index is 504. The van der Waals surface area contributed by atoms with E-state index in [2.05, 4.69) is 21.6 Å². The summed E-state index contributed by atoms with van der Waals surface area (Å²) in [6, 6.07) is 2.33. The van der Waals surface area contributed by atoms with Crippen molar-refractivity contribution in [1.82, 2.24) is 20.1 Å². The number of nitriles is 1. The summed E-state index contributed by atoms with van der Waals surface area (Å²) in [6.45, 7) is 7.30. The van der Waals surface area contributed by atoms with Crippen LogP contribution in [0.4, 0.5) is 0 Å². The number of aromatic amines is 1. The van der Waals surface area contributed by atoms with E-state index in [1.54, 1.807) is 16.3 Å². The van der Waals surface area contributed by atoms with Crippen LogP contribution in [-0.4, -0.2) is 32.6 Å². The van der Waals surface area contributed by atoms with Crippen molar-refractivity contribution in [1.29, 1.82) is 5.26 Å². The van der Waals surface area contributed by atoms with Crippen LogP contribution in [0.5, 0.6) is 0 Å². The molecule has 0 radical (unpaired) electrons. The van der Waals surface area contributed by atoms with Gasteiger partial charge in [-0.3, -0.25) is 9.88 Å². The van der Waals surface area contributed by atoms with Crippen LogP contribution in [0, 0.1) is 11.3 Å². The van der Waals surface area contributed by atoms with Gasteiger partial charge in [-0.2, -0.15) is 5.26 Å². The van der Waals surface area contributed by atoms with Gasteiger partial charge in [-0.25, -0.2) is 9.89 Å². The average Bonchev–Trinajstić information content (AvgIpc) is 2.79. The van der Waals surface area contributed by atoms with Crippen LogP contribution in [0.25, 0.3) is 0 Å². The summed E-state index contributed by atoms with van der Waals surface area (Å²) >= 11 is 1.58. The molecule has 1 heterocycles. The van der Waals surface area contributed by atoms with Crippen molar-refractivity contribution in [3.05, 3.63) is 10.5 Å². The van der Waals surface area contributed by atoms with Gasteiger partial charge < -0.3 is 0 Å². The molecular weight excluding hydrogens is 274 g/mol. The maximum atomic E-state index is 11.4. The largest absolute Gasteiger partial charge is 0.343 e. The molecule has 0 amide bonds. The Labute approximate surface area is 123 Å². The molecule has 2 N–H and O–H groups in total. The molecule has 1 unspecified atom stereocenters. The third-order valence-corrected chi connectivity index (χ3v) is 4.22. The van der Waals surface area contributed by atoms with Crippen LogP contribution in [0.2, 0.25) is 0 Å². The number of nitrogens with one attached hydrogen (secondary N) is 2. The number of nitrogens with zero attached hydrogens (tertiary/aromatic N) is 3. The van der Waals surface area contributed by atoms with Crippen molar-refractivity contribution in [2.24, 2.45) is 0 Å². The zero-order valence-corrected chi connectivity index (χ0v) is 13.2. The van der Waals surface area contributed by atoms with Crippen LogP contribution in [0.1, 0.15) is 40.0 Å². The Morgan fingerprint density at radius 2 is 2.25 bits per heavy atom. The molecule has 6 nitrogen and oxygen atoms in total. The molecule has 0 fully saturated rings. The first-order chi connectivity index (χ1) is 9.56. The molecule has 20 heavy (non-hydrogen) atoms. The Morgan fingerprint density at radius 1 is 1.50 bits per heavy atom. The highest BCUT2D eigenvalue weighted by atomic mass is 32.2. The summed E-state index contributed by atoms with van der Waals surface area (Å²) < 4.78 is 1.63. The smallest absolute Gasteiger partial charge is 0.300 e. The number of thioether (sulfide) groups is 1. The van der Waals surface area contributed by atoms with E-state index in [9.17, 15) is 4.79 Å². The van der Waals surface area contributed by atoms with E-state index in [1.807, 2.05) is 20.8 Å². The minimum atomic E-state index is -0.433. The summed E-state index contributed by atoms with van der Waals surface area (Å²) in [5, 5.41) is 19.6. The highest BCUT2D eigenvalue weighted by molar-refractivity contribution is 7.99. The third-order valence-electron chi connectivity index (χ3n) is 3.16. The third kappa shape index (κ3) is 4.69. The van der Waals surface area contributed by atoms with Gasteiger partial charge in [0.05, 0.1) is 6.07 Å². The Hall–Kier alpha value is -1.26. The predicted molar refractivity (Wildman–Crippen MR) is 80.8 cm³/mol. The van der Waals surface area contributed by atoms with E-state index < -0.39 is 5.54 Å². The van der Waals surface area contributed by atoms with Gasteiger partial charge in [-0.15, -0.1) is 5.10 Å². The minimum Gasteiger partial charge on any atom is -0.300 e. The average molecular weight is 297 g/mol. The number of hydrogen-bond acceptors (Lipinski definition) is 5. The molecule has 0 bridgehead atoms. The lowest BCUT2D eigenvalue weighted by molar-refractivity contribution is 0.415. The number of aromatic nitrogens is 3. The van der Waals surface area contributed by atoms with Gasteiger partial charge in [0, 0.05) is 12.3 Å². The fraction of sp³-hybridized carbons (Fsp3) is 0.769. The van der Waals surface area contributed by atoms with Crippen LogP contribution in [0.3, 0.4) is 0 Å². The lowest BCUT2D eigenvalue weighted by Crippen LogP contribution is -2.40. The zero-order valence-electron chi connectivity index (χ0n) is 12.4. The van der Waals surface area contributed by atoms with Crippen LogP contribution >= 0.6 is 11.8 Å². The van der Waals surface area contributed by atoms with Gasteiger partial charge in [0.15, 0.2) is 5.16 Å². The van der Waals surface area contributed by atoms with Gasteiger partial charge in [-0.1, -0.05) is 18.7 Å². The van der Waals surface area contributed by atoms with E-state index in [0.29, 0.717) is 6.54 Å². The van der Waals surface area contributed by atoms with Gasteiger partial charge in [0.2, 0.25) is 0 Å². The molecule has 0 spiro atoms. The maximum Gasteiger partial charge on any atom is 0.343 e. The zero-order chi connectivity index (χ0) is 15.0. The first-order valence-electron chi connectivity index (χ1n) is 7.00. The normalized spacial score (nSPS) is 13.9. The SMILES string of the molecule is CCNC(C)(C#N)CCCCSc1n[nH]c(=O)n1CC. The van der Waals surface area contributed by atoms with Gasteiger partial charge >= 0.3 is 5.69 Å². The Balaban J connectivity index is 2.32. The summed E-state index contributed by atoms with van der Waals surface area (Å²) in [6.07, 6.45) is 2.81. The monoisotopic (exact) mass is 297 g/mol. The topological polar surface area (TPSA) is 86.5 Å². The second-order valence-corrected chi connectivity index (χ2v) is 5.90. The van der Waals surface area contributed by atoms with E-state index in [0.717, 1.165) is 36.7 Å². The molecule has 1 aromatic rings. The molecule has 0 saturated heterocycles. The first kappa shape index (κ1) is 16.8. The van der Waals surface area contributed by atoms with E-state index >= 15 is 0 Å². The van der Waals surface area contributed by atoms with E-state index in [4.69, 9.17) is 5.26 Å². The summed E-state index contributed by atoms with van der Waals surface area (Å²) in [5.41, 5.74) is -0.587. The summed E-state index contributed by atoms with van der Waals surface area (Å²) in [5.74, 6) is 0.901. The van der Waals surface area contributed by atoms with Crippen molar-refractivity contribution >= 4 is 11.8 Å². The summed E-state index contributed by atoms with van der Waals surface area (Å²) in [4.78, 5) is 11.4. The molecule has 0 saturated carbocycles. The molecule has 7 heteroatoms. The Kier molecular flexibility index (Phi) is 6.82. The molecule has 1 aromatic heterocycles. The number of hydrogen-bond donors (Lipinski definition) is 2. The van der Waals surface area contributed by atoms with Gasteiger partial charge in [0.1, 0.15) is 5.54 Å². The molecule has 0 aliphatic heterocycles. The van der Waals surface area contributed by atoms with Crippen LogP contribution < -0.4 is 11.0 Å². The molecule has 112 valence electrons. The number of rotatable bonds is 9. The molecule has 1 atom stereocenters.